The third kappa shape index (κ3) is 2.99. The second-order valence-electron chi connectivity index (χ2n) is 4.16. The minimum absolute atomic E-state index is 0.0787. The van der Waals surface area contributed by atoms with Gasteiger partial charge in [0, 0.05) is 5.54 Å². The average molecular weight is 185 g/mol. The molecule has 0 radical (unpaired) electrons. The van der Waals surface area contributed by atoms with Gasteiger partial charge in [-0.3, -0.25) is 10.3 Å². The first-order chi connectivity index (χ1) is 5.86. The summed E-state index contributed by atoms with van der Waals surface area (Å²) in [7, 11) is 2.04. The van der Waals surface area contributed by atoms with Gasteiger partial charge in [0.05, 0.1) is 6.04 Å². The van der Waals surface area contributed by atoms with Gasteiger partial charge in [-0.1, -0.05) is 13.8 Å². The van der Waals surface area contributed by atoms with E-state index in [1.54, 1.807) is 0 Å². The number of likely N-dealkylation sites (N-methyl/N-ethyl adjacent to an activating group) is 1. The fourth-order valence-electron chi connectivity index (χ4n) is 1.37. The minimum atomic E-state index is 0.0787. The molecule has 0 aliphatic carbocycles. The highest BCUT2D eigenvalue weighted by Gasteiger charge is 2.28. The molecule has 0 spiro atoms. The van der Waals surface area contributed by atoms with E-state index in [9.17, 15) is 0 Å². The van der Waals surface area contributed by atoms with E-state index in [1.165, 1.54) is 0 Å². The van der Waals surface area contributed by atoms with E-state index in [0.29, 0.717) is 0 Å². The number of nitrogens with one attached hydrogen (secondary N) is 1. The molecule has 0 saturated heterocycles. The van der Waals surface area contributed by atoms with Crippen LogP contribution in [0.1, 0.15) is 40.5 Å². The summed E-state index contributed by atoms with van der Waals surface area (Å²) >= 11 is 0. The Kier molecular flexibility index (Phi) is 4.40. The SMILES string of the molecule is CCC(C(=N)N)N(C)C(C)(C)CC. The van der Waals surface area contributed by atoms with Gasteiger partial charge in [-0.25, -0.2) is 0 Å². The zero-order valence-electron chi connectivity index (χ0n) is 9.52. The number of hydrogen-bond donors (Lipinski definition) is 2. The van der Waals surface area contributed by atoms with Crippen LogP contribution in [0.2, 0.25) is 0 Å². The molecule has 0 aromatic heterocycles. The van der Waals surface area contributed by atoms with Crippen molar-refractivity contribution in [1.29, 1.82) is 5.41 Å². The molecule has 0 rings (SSSR count). The standard InChI is InChI=1S/C10H23N3/c1-6-8(9(11)12)13(5)10(3,4)7-2/h8H,6-7H2,1-5H3,(H3,11,12). The molecule has 0 saturated carbocycles. The Balaban J connectivity index is 4.54. The van der Waals surface area contributed by atoms with E-state index in [4.69, 9.17) is 11.1 Å². The van der Waals surface area contributed by atoms with Gasteiger partial charge in [-0.05, 0) is 33.7 Å². The fraction of sp³-hybridized carbons (Fsp3) is 0.900. The predicted molar refractivity (Wildman–Crippen MR) is 58.1 cm³/mol. The van der Waals surface area contributed by atoms with Crippen LogP contribution in [0, 0.1) is 5.41 Å². The van der Waals surface area contributed by atoms with Crippen molar-refractivity contribution in [3.8, 4) is 0 Å². The normalized spacial score (nSPS) is 14.6. The summed E-state index contributed by atoms with van der Waals surface area (Å²) in [6, 6.07) is 0.0787. The Bertz CT molecular complexity index is 175. The summed E-state index contributed by atoms with van der Waals surface area (Å²) in [4.78, 5) is 2.19. The molecule has 13 heavy (non-hydrogen) atoms. The second kappa shape index (κ2) is 4.61. The molecule has 0 bridgehead atoms. The number of nitrogens with two attached hydrogens (primary N) is 1. The number of rotatable bonds is 5. The highest BCUT2D eigenvalue weighted by atomic mass is 15.2. The van der Waals surface area contributed by atoms with Crippen molar-refractivity contribution < 1.29 is 0 Å². The van der Waals surface area contributed by atoms with Gasteiger partial charge in [-0.2, -0.15) is 0 Å². The topological polar surface area (TPSA) is 53.1 Å². The molecule has 0 aromatic carbocycles. The Labute approximate surface area is 81.8 Å². The van der Waals surface area contributed by atoms with E-state index in [2.05, 4.69) is 32.6 Å². The quantitative estimate of drug-likeness (QED) is 0.507. The molecule has 3 N–H and O–H groups in total. The molecule has 0 aromatic rings. The first kappa shape index (κ1) is 12.4. The van der Waals surface area contributed by atoms with Crippen molar-refractivity contribution in [3.63, 3.8) is 0 Å². The monoisotopic (exact) mass is 185 g/mol. The van der Waals surface area contributed by atoms with Gasteiger partial charge in [0.25, 0.3) is 0 Å². The molecule has 0 fully saturated rings. The lowest BCUT2D eigenvalue weighted by atomic mass is 9.96. The fourth-order valence-corrected chi connectivity index (χ4v) is 1.37. The van der Waals surface area contributed by atoms with Crippen molar-refractivity contribution in [2.24, 2.45) is 5.73 Å². The van der Waals surface area contributed by atoms with Crippen LogP contribution in [0.25, 0.3) is 0 Å². The zero-order chi connectivity index (χ0) is 10.6. The highest BCUT2D eigenvalue weighted by molar-refractivity contribution is 5.82. The molecular weight excluding hydrogens is 162 g/mol. The van der Waals surface area contributed by atoms with Gasteiger partial charge in [-0.15, -0.1) is 0 Å². The summed E-state index contributed by atoms with van der Waals surface area (Å²) in [5, 5.41) is 7.47. The van der Waals surface area contributed by atoms with E-state index in [1.807, 2.05) is 7.05 Å². The number of nitrogens with zero attached hydrogens (tertiary/aromatic N) is 1. The summed E-state index contributed by atoms with van der Waals surface area (Å²) in [5.74, 6) is 0.270. The van der Waals surface area contributed by atoms with Gasteiger partial charge < -0.3 is 5.73 Å². The van der Waals surface area contributed by atoms with E-state index >= 15 is 0 Å². The molecule has 78 valence electrons. The summed E-state index contributed by atoms with van der Waals surface area (Å²) in [6.45, 7) is 8.58. The lowest BCUT2D eigenvalue weighted by molar-refractivity contribution is 0.125. The van der Waals surface area contributed by atoms with Crippen LogP contribution < -0.4 is 5.73 Å². The minimum Gasteiger partial charge on any atom is -0.386 e. The van der Waals surface area contributed by atoms with Crippen molar-refractivity contribution in [1.82, 2.24) is 4.90 Å². The molecular formula is C10H23N3. The average Bonchev–Trinajstić information content (AvgIpc) is 2.05. The lowest BCUT2D eigenvalue weighted by Crippen LogP contribution is -2.51. The molecule has 0 amide bonds. The molecule has 3 heteroatoms. The molecule has 3 nitrogen and oxygen atoms in total. The van der Waals surface area contributed by atoms with E-state index in [-0.39, 0.29) is 17.4 Å². The smallest absolute Gasteiger partial charge is 0.108 e. The first-order valence-electron chi connectivity index (χ1n) is 4.93. The van der Waals surface area contributed by atoms with Crippen molar-refractivity contribution >= 4 is 5.84 Å². The van der Waals surface area contributed by atoms with Crippen LogP contribution in [0.5, 0.6) is 0 Å². The third-order valence-electron chi connectivity index (χ3n) is 3.03. The van der Waals surface area contributed by atoms with Gasteiger partial charge in [0.2, 0.25) is 0 Å². The molecule has 0 aliphatic rings. The zero-order valence-corrected chi connectivity index (χ0v) is 9.52. The Morgan fingerprint density at radius 3 is 2.15 bits per heavy atom. The Morgan fingerprint density at radius 1 is 1.46 bits per heavy atom. The van der Waals surface area contributed by atoms with Gasteiger partial charge in [0.15, 0.2) is 0 Å². The van der Waals surface area contributed by atoms with Crippen LogP contribution in [0.3, 0.4) is 0 Å². The van der Waals surface area contributed by atoms with E-state index < -0.39 is 0 Å². The van der Waals surface area contributed by atoms with Gasteiger partial charge in [0.1, 0.15) is 5.84 Å². The summed E-state index contributed by atoms with van der Waals surface area (Å²) in [6.07, 6.45) is 1.96. The van der Waals surface area contributed by atoms with Crippen LogP contribution >= 0.6 is 0 Å². The molecule has 0 heterocycles. The van der Waals surface area contributed by atoms with Crippen LogP contribution in [-0.2, 0) is 0 Å². The summed E-state index contributed by atoms with van der Waals surface area (Å²) < 4.78 is 0. The first-order valence-corrected chi connectivity index (χ1v) is 4.93. The van der Waals surface area contributed by atoms with Crippen LogP contribution in [0.4, 0.5) is 0 Å². The van der Waals surface area contributed by atoms with Crippen molar-refractivity contribution in [3.05, 3.63) is 0 Å². The summed E-state index contributed by atoms with van der Waals surface area (Å²) in [5.41, 5.74) is 5.66. The number of hydrogen-bond acceptors (Lipinski definition) is 2. The van der Waals surface area contributed by atoms with Gasteiger partial charge >= 0.3 is 0 Å². The maximum Gasteiger partial charge on any atom is 0.108 e. The Hall–Kier alpha value is -0.570. The largest absolute Gasteiger partial charge is 0.386 e. The Morgan fingerprint density at radius 2 is 1.92 bits per heavy atom. The number of amidine groups is 1. The van der Waals surface area contributed by atoms with Crippen molar-refractivity contribution in [2.45, 2.75) is 52.1 Å². The maximum atomic E-state index is 7.47. The second-order valence-corrected chi connectivity index (χ2v) is 4.16. The molecule has 1 atom stereocenters. The highest BCUT2D eigenvalue weighted by Crippen LogP contribution is 2.20. The third-order valence-corrected chi connectivity index (χ3v) is 3.03. The predicted octanol–water partition coefficient (Wildman–Crippen LogP) is 1.82. The molecule has 1 unspecified atom stereocenters. The maximum absolute atomic E-state index is 7.47. The molecule has 0 aliphatic heterocycles. The lowest BCUT2D eigenvalue weighted by Gasteiger charge is -2.39. The van der Waals surface area contributed by atoms with Crippen LogP contribution in [0.15, 0.2) is 0 Å². The van der Waals surface area contributed by atoms with Crippen LogP contribution in [-0.4, -0.2) is 29.4 Å². The van der Waals surface area contributed by atoms with E-state index in [0.717, 1.165) is 12.8 Å². The van der Waals surface area contributed by atoms with Crippen molar-refractivity contribution in [2.75, 3.05) is 7.05 Å².